The number of aromatic nitrogens is 1. The minimum absolute atomic E-state index is 0.0955. The van der Waals surface area contributed by atoms with Crippen LogP contribution in [0.4, 0.5) is 5.82 Å². The second kappa shape index (κ2) is 9.34. The van der Waals surface area contributed by atoms with Crippen molar-refractivity contribution in [3.63, 3.8) is 0 Å². The molecule has 6 nitrogen and oxygen atoms in total. The molecule has 0 aliphatic carbocycles. The molecule has 7 heteroatoms. The van der Waals surface area contributed by atoms with Crippen LogP contribution in [0, 0.1) is 0 Å². The normalized spacial score (nSPS) is 17.9. The van der Waals surface area contributed by atoms with E-state index in [0.717, 1.165) is 36.8 Å². The van der Waals surface area contributed by atoms with Crippen molar-refractivity contribution in [3.8, 4) is 0 Å². The van der Waals surface area contributed by atoms with Crippen molar-refractivity contribution < 1.29 is 9.90 Å². The third-order valence-electron chi connectivity index (χ3n) is 4.37. The molecule has 0 unspecified atom stereocenters. The number of rotatable bonds is 8. The van der Waals surface area contributed by atoms with Gasteiger partial charge in [0, 0.05) is 37.4 Å². The van der Waals surface area contributed by atoms with Crippen molar-refractivity contribution in [1.82, 2.24) is 15.2 Å². The molecule has 134 valence electrons. The van der Waals surface area contributed by atoms with Crippen LogP contribution in [-0.4, -0.2) is 67.3 Å². The van der Waals surface area contributed by atoms with Crippen LogP contribution < -0.4 is 10.2 Å². The molecule has 1 aliphatic rings. The number of likely N-dealkylation sites (tertiary alicyclic amines) is 1. The van der Waals surface area contributed by atoms with E-state index in [0.29, 0.717) is 24.0 Å². The molecule has 1 aliphatic heterocycles. The van der Waals surface area contributed by atoms with Gasteiger partial charge in [0.2, 0.25) is 0 Å². The van der Waals surface area contributed by atoms with Crippen molar-refractivity contribution in [3.05, 3.63) is 22.3 Å². The number of anilines is 1. The van der Waals surface area contributed by atoms with Gasteiger partial charge in [0.05, 0.1) is 12.2 Å². The largest absolute Gasteiger partial charge is 0.395 e. The van der Waals surface area contributed by atoms with E-state index in [2.05, 4.69) is 31.1 Å². The Morgan fingerprint density at radius 3 is 3.00 bits per heavy atom. The van der Waals surface area contributed by atoms with Crippen LogP contribution >= 0.6 is 15.9 Å². The maximum atomic E-state index is 12.4. The van der Waals surface area contributed by atoms with E-state index in [9.17, 15) is 9.90 Å². The minimum Gasteiger partial charge on any atom is -0.395 e. The van der Waals surface area contributed by atoms with Gasteiger partial charge in [-0.05, 0) is 60.8 Å². The standard InChI is InChI=1S/C17H27BrN4O2/c1-21(2)16-15(10-13(18)11-20-16)17(24)19-7-3-4-8-22-9-5-6-14(22)12-23/h10-11,14,23H,3-9,12H2,1-2H3,(H,19,24)/t14-/m0/s1. The van der Waals surface area contributed by atoms with Gasteiger partial charge < -0.3 is 15.3 Å². The van der Waals surface area contributed by atoms with Gasteiger partial charge >= 0.3 is 0 Å². The second-order valence-electron chi connectivity index (χ2n) is 6.40. The number of carbonyl (C=O) groups excluding carboxylic acids is 1. The molecule has 1 saturated heterocycles. The first kappa shape index (κ1) is 19.1. The summed E-state index contributed by atoms with van der Waals surface area (Å²) >= 11 is 3.37. The smallest absolute Gasteiger partial charge is 0.255 e. The van der Waals surface area contributed by atoms with E-state index in [-0.39, 0.29) is 12.5 Å². The molecule has 2 heterocycles. The van der Waals surface area contributed by atoms with Gasteiger partial charge in [0.25, 0.3) is 5.91 Å². The monoisotopic (exact) mass is 398 g/mol. The number of aliphatic hydroxyl groups is 1. The Labute approximate surface area is 152 Å². The zero-order valence-corrected chi connectivity index (χ0v) is 16.0. The number of nitrogens with one attached hydrogen (secondary N) is 1. The predicted octanol–water partition coefficient (Wildman–Crippen LogP) is 1.88. The van der Waals surface area contributed by atoms with Crippen LogP contribution in [0.5, 0.6) is 0 Å². The van der Waals surface area contributed by atoms with E-state index in [1.54, 1.807) is 12.3 Å². The van der Waals surface area contributed by atoms with E-state index >= 15 is 0 Å². The fourth-order valence-electron chi connectivity index (χ4n) is 3.09. The van der Waals surface area contributed by atoms with Gasteiger partial charge in [0.15, 0.2) is 0 Å². The molecule has 0 saturated carbocycles. The van der Waals surface area contributed by atoms with E-state index < -0.39 is 0 Å². The summed E-state index contributed by atoms with van der Waals surface area (Å²) in [6.45, 7) is 2.96. The Kier molecular flexibility index (Phi) is 7.45. The molecule has 1 aromatic heterocycles. The first-order chi connectivity index (χ1) is 11.5. The summed E-state index contributed by atoms with van der Waals surface area (Å²) in [6, 6.07) is 2.13. The van der Waals surface area contributed by atoms with Crippen molar-refractivity contribution in [1.29, 1.82) is 0 Å². The van der Waals surface area contributed by atoms with Crippen LogP contribution in [0.15, 0.2) is 16.7 Å². The molecule has 0 bridgehead atoms. The molecular weight excluding hydrogens is 372 g/mol. The molecular formula is C17H27BrN4O2. The number of pyridine rings is 1. The lowest BCUT2D eigenvalue weighted by atomic mass is 10.2. The Bertz CT molecular complexity index is 553. The molecule has 0 radical (unpaired) electrons. The fraction of sp³-hybridized carbons (Fsp3) is 0.647. The van der Waals surface area contributed by atoms with Crippen LogP contribution in [0.25, 0.3) is 0 Å². The fourth-order valence-corrected chi connectivity index (χ4v) is 3.42. The maximum absolute atomic E-state index is 12.4. The van der Waals surface area contributed by atoms with Gasteiger partial charge in [-0.2, -0.15) is 0 Å². The quantitative estimate of drug-likeness (QED) is 0.654. The van der Waals surface area contributed by atoms with E-state index in [1.807, 2.05) is 19.0 Å². The summed E-state index contributed by atoms with van der Waals surface area (Å²) in [5.41, 5.74) is 0.578. The van der Waals surface area contributed by atoms with Crippen LogP contribution in [0.1, 0.15) is 36.0 Å². The summed E-state index contributed by atoms with van der Waals surface area (Å²) in [6.07, 6.45) is 5.91. The van der Waals surface area contributed by atoms with Crippen molar-refractivity contribution in [2.45, 2.75) is 31.7 Å². The molecule has 1 atom stereocenters. The molecule has 1 fully saturated rings. The molecule has 2 rings (SSSR count). The summed E-state index contributed by atoms with van der Waals surface area (Å²) in [7, 11) is 3.75. The van der Waals surface area contributed by atoms with Gasteiger partial charge in [-0.1, -0.05) is 0 Å². The first-order valence-corrected chi connectivity index (χ1v) is 9.28. The van der Waals surface area contributed by atoms with Gasteiger partial charge in [0.1, 0.15) is 5.82 Å². The number of halogens is 1. The second-order valence-corrected chi connectivity index (χ2v) is 7.31. The minimum atomic E-state index is -0.0955. The average Bonchev–Trinajstić information content (AvgIpc) is 3.01. The van der Waals surface area contributed by atoms with Gasteiger partial charge in [-0.3, -0.25) is 9.69 Å². The van der Waals surface area contributed by atoms with E-state index in [4.69, 9.17) is 0 Å². The summed E-state index contributed by atoms with van der Waals surface area (Å²) < 4.78 is 0.794. The molecule has 1 amide bonds. The molecule has 0 aromatic carbocycles. The predicted molar refractivity (Wildman–Crippen MR) is 99.5 cm³/mol. The topological polar surface area (TPSA) is 68.7 Å². The lowest BCUT2D eigenvalue weighted by Gasteiger charge is -2.22. The number of carbonyl (C=O) groups is 1. The van der Waals surface area contributed by atoms with Crippen molar-refractivity contribution in [2.24, 2.45) is 0 Å². The number of amides is 1. The van der Waals surface area contributed by atoms with Crippen molar-refractivity contribution >= 4 is 27.7 Å². The molecule has 0 spiro atoms. The summed E-state index contributed by atoms with van der Waals surface area (Å²) in [5.74, 6) is 0.570. The summed E-state index contributed by atoms with van der Waals surface area (Å²) in [5, 5.41) is 12.3. The SMILES string of the molecule is CN(C)c1ncc(Br)cc1C(=O)NCCCCN1CCC[C@H]1CO. The number of nitrogens with zero attached hydrogens (tertiary/aromatic N) is 3. The average molecular weight is 399 g/mol. The molecule has 1 aromatic rings. The number of hydrogen-bond donors (Lipinski definition) is 2. The highest BCUT2D eigenvalue weighted by Gasteiger charge is 2.22. The number of aliphatic hydroxyl groups excluding tert-OH is 1. The highest BCUT2D eigenvalue weighted by Crippen LogP contribution is 2.20. The number of hydrogen-bond acceptors (Lipinski definition) is 5. The van der Waals surface area contributed by atoms with Crippen molar-refractivity contribution in [2.75, 3.05) is 45.2 Å². The maximum Gasteiger partial charge on any atom is 0.255 e. The van der Waals surface area contributed by atoms with Crippen LogP contribution in [0.3, 0.4) is 0 Å². The third-order valence-corrected chi connectivity index (χ3v) is 4.80. The highest BCUT2D eigenvalue weighted by molar-refractivity contribution is 9.10. The van der Waals surface area contributed by atoms with E-state index in [1.165, 1.54) is 6.42 Å². The third kappa shape index (κ3) is 5.16. The highest BCUT2D eigenvalue weighted by atomic mass is 79.9. The summed E-state index contributed by atoms with van der Waals surface area (Å²) in [4.78, 5) is 20.9. The zero-order valence-electron chi connectivity index (χ0n) is 14.5. The molecule has 2 N–H and O–H groups in total. The Hall–Kier alpha value is -1.18. The Balaban J connectivity index is 1.76. The lowest BCUT2D eigenvalue weighted by Crippen LogP contribution is -2.33. The Morgan fingerprint density at radius 2 is 2.29 bits per heavy atom. The lowest BCUT2D eigenvalue weighted by molar-refractivity contribution is 0.0952. The zero-order chi connectivity index (χ0) is 17.5. The van der Waals surface area contributed by atoms with Crippen LogP contribution in [-0.2, 0) is 0 Å². The van der Waals surface area contributed by atoms with Gasteiger partial charge in [-0.25, -0.2) is 4.98 Å². The Morgan fingerprint density at radius 1 is 1.50 bits per heavy atom. The van der Waals surface area contributed by atoms with Gasteiger partial charge in [-0.15, -0.1) is 0 Å². The van der Waals surface area contributed by atoms with Crippen LogP contribution in [0.2, 0.25) is 0 Å². The first-order valence-electron chi connectivity index (χ1n) is 8.49. The molecule has 24 heavy (non-hydrogen) atoms. The number of unbranched alkanes of at least 4 members (excludes halogenated alkanes) is 1.